The van der Waals surface area contributed by atoms with Gasteiger partial charge in [-0.05, 0) is 55.4 Å². The minimum atomic E-state index is -1.06. The van der Waals surface area contributed by atoms with Gasteiger partial charge in [0, 0.05) is 30.7 Å². The molecule has 0 fully saturated rings. The van der Waals surface area contributed by atoms with Gasteiger partial charge in [0.15, 0.2) is 0 Å². The van der Waals surface area contributed by atoms with Crippen LogP contribution in [0.4, 0.5) is 11.4 Å². The van der Waals surface area contributed by atoms with Crippen molar-refractivity contribution in [2.75, 3.05) is 43.5 Å². The van der Waals surface area contributed by atoms with E-state index in [1.54, 1.807) is 6.26 Å². The lowest BCUT2D eigenvalue weighted by Crippen LogP contribution is -2.26. The Morgan fingerprint density at radius 1 is 1.04 bits per heavy atom. The Morgan fingerprint density at radius 3 is 2.23 bits per heavy atom. The molecule has 2 rings (SSSR count). The third-order valence-electron chi connectivity index (χ3n) is 3.62. The van der Waals surface area contributed by atoms with Gasteiger partial charge in [-0.15, -0.1) is 0 Å². The molecule has 1 atom stereocenters. The van der Waals surface area contributed by atoms with E-state index in [0.717, 1.165) is 36.6 Å². The summed E-state index contributed by atoms with van der Waals surface area (Å²) in [5.41, 5.74) is 8.60. The summed E-state index contributed by atoms with van der Waals surface area (Å²) < 4.78 is 19.7. The lowest BCUT2D eigenvalue weighted by Gasteiger charge is -2.17. The maximum Gasteiger partial charge on any atom is 0.119 e. The van der Waals surface area contributed by atoms with Crippen LogP contribution in [0.1, 0.15) is 19.4 Å². The predicted molar refractivity (Wildman–Crippen MR) is 113 cm³/mol. The van der Waals surface area contributed by atoms with Gasteiger partial charge in [-0.2, -0.15) is 0 Å². The van der Waals surface area contributed by atoms with Crippen molar-refractivity contribution in [2.45, 2.75) is 20.3 Å². The first-order valence-electron chi connectivity index (χ1n) is 8.89. The Labute approximate surface area is 160 Å². The third-order valence-corrected chi connectivity index (χ3v) is 4.14. The zero-order valence-electron chi connectivity index (χ0n) is 16.2. The minimum absolute atomic E-state index is 0.630. The van der Waals surface area contributed by atoms with Gasteiger partial charge in [-0.1, -0.05) is 26.0 Å². The summed E-state index contributed by atoms with van der Waals surface area (Å²) in [4.78, 5) is 2.24. The SMILES string of the molecule is CC.CN(CCOc1ccc(NS(C)=O)cc1)CCc1ccc(N)cc1. The van der Waals surface area contributed by atoms with Gasteiger partial charge in [0.05, 0.1) is 0 Å². The molecule has 0 spiro atoms. The fourth-order valence-electron chi connectivity index (χ4n) is 2.22. The van der Waals surface area contributed by atoms with Crippen LogP contribution in [0.5, 0.6) is 5.75 Å². The number of likely N-dealkylation sites (N-methyl/N-ethyl adjacent to an activating group) is 1. The number of nitrogen functional groups attached to an aromatic ring is 1. The first kappa shape index (κ1) is 22.0. The van der Waals surface area contributed by atoms with E-state index in [1.165, 1.54) is 5.56 Å². The Balaban J connectivity index is 0.00000163. The fraction of sp³-hybridized carbons (Fsp3) is 0.400. The highest BCUT2D eigenvalue weighted by Crippen LogP contribution is 2.15. The average molecular weight is 378 g/mol. The zero-order valence-corrected chi connectivity index (χ0v) is 17.0. The number of benzene rings is 2. The molecule has 0 bridgehead atoms. The molecule has 0 heterocycles. The maximum atomic E-state index is 11.1. The summed E-state index contributed by atoms with van der Waals surface area (Å²) >= 11 is 0. The summed E-state index contributed by atoms with van der Waals surface area (Å²) in [5.74, 6) is 0.814. The van der Waals surface area contributed by atoms with Crippen molar-refractivity contribution < 1.29 is 8.95 Å². The molecule has 0 aromatic heterocycles. The first-order chi connectivity index (χ1) is 12.5. The molecule has 26 heavy (non-hydrogen) atoms. The van der Waals surface area contributed by atoms with Crippen molar-refractivity contribution in [2.24, 2.45) is 0 Å². The summed E-state index contributed by atoms with van der Waals surface area (Å²) in [5, 5.41) is 0. The second-order valence-electron chi connectivity index (χ2n) is 5.72. The highest BCUT2D eigenvalue weighted by molar-refractivity contribution is 7.85. The Bertz CT molecular complexity index is 645. The van der Waals surface area contributed by atoms with Crippen LogP contribution in [0.3, 0.4) is 0 Å². The van der Waals surface area contributed by atoms with E-state index >= 15 is 0 Å². The zero-order chi connectivity index (χ0) is 19.4. The van der Waals surface area contributed by atoms with Crippen LogP contribution in [0.15, 0.2) is 48.5 Å². The molecule has 2 aromatic carbocycles. The van der Waals surface area contributed by atoms with Crippen molar-refractivity contribution in [1.82, 2.24) is 4.90 Å². The van der Waals surface area contributed by atoms with Gasteiger partial charge < -0.3 is 20.1 Å². The fourth-order valence-corrected chi connectivity index (χ4v) is 2.69. The number of hydrogen-bond donors (Lipinski definition) is 2. The van der Waals surface area contributed by atoms with Crippen molar-refractivity contribution in [3.8, 4) is 5.75 Å². The molecule has 0 aliphatic rings. The van der Waals surface area contributed by atoms with E-state index in [2.05, 4.69) is 28.8 Å². The van der Waals surface area contributed by atoms with Crippen LogP contribution >= 0.6 is 0 Å². The van der Waals surface area contributed by atoms with Crippen molar-refractivity contribution in [1.29, 1.82) is 0 Å². The van der Waals surface area contributed by atoms with E-state index in [4.69, 9.17) is 10.5 Å². The predicted octanol–water partition coefficient (Wildman–Crippen LogP) is 3.55. The Morgan fingerprint density at radius 2 is 1.65 bits per heavy atom. The molecule has 0 aliphatic heterocycles. The standard InChI is InChI=1S/C18H25N3O2S.C2H6/c1-21(12-11-15-3-5-16(19)6-4-15)13-14-23-18-9-7-17(8-10-18)20-24(2)22;1-2/h3-10,20H,11-14,19H2,1-2H3;1-2H3. The van der Waals surface area contributed by atoms with Crippen LogP contribution < -0.4 is 15.2 Å². The maximum absolute atomic E-state index is 11.1. The molecule has 0 radical (unpaired) electrons. The highest BCUT2D eigenvalue weighted by Gasteiger charge is 2.01. The number of nitrogens with two attached hydrogens (primary N) is 1. The molecule has 0 saturated carbocycles. The summed E-state index contributed by atoms with van der Waals surface area (Å²) in [6.45, 7) is 6.46. The van der Waals surface area contributed by atoms with E-state index in [1.807, 2.05) is 50.2 Å². The van der Waals surface area contributed by atoms with Crippen molar-refractivity contribution >= 4 is 22.4 Å². The highest BCUT2D eigenvalue weighted by atomic mass is 32.2. The second kappa shape index (κ2) is 12.3. The normalized spacial score (nSPS) is 11.4. The number of nitrogens with one attached hydrogen (secondary N) is 1. The van der Waals surface area contributed by atoms with Gasteiger partial charge >= 0.3 is 0 Å². The molecular formula is C20H31N3O2S. The van der Waals surface area contributed by atoms with Crippen molar-refractivity contribution in [3.63, 3.8) is 0 Å². The van der Waals surface area contributed by atoms with E-state index < -0.39 is 11.0 Å². The third kappa shape index (κ3) is 8.87. The van der Waals surface area contributed by atoms with E-state index in [9.17, 15) is 4.21 Å². The Kier molecular flexibility index (Phi) is 10.4. The van der Waals surface area contributed by atoms with Crippen LogP contribution in [0.25, 0.3) is 0 Å². The summed E-state index contributed by atoms with van der Waals surface area (Å²) in [6.07, 6.45) is 2.59. The molecule has 0 amide bonds. The van der Waals surface area contributed by atoms with Gasteiger partial charge in [-0.25, -0.2) is 4.21 Å². The monoisotopic (exact) mass is 377 g/mol. The van der Waals surface area contributed by atoms with Crippen LogP contribution in [-0.2, 0) is 17.4 Å². The van der Waals surface area contributed by atoms with Gasteiger partial charge in [0.1, 0.15) is 23.3 Å². The number of ether oxygens (including phenoxy) is 1. The van der Waals surface area contributed by atoms with E-state index in [0.29, 0.717) is 6.61 Å². The lowest BCUT2D eigenvalue weighted by molar-refractivity contribution is 0.239. The molecule has 1 unspecified atom stereocenters. The molecule has 0 aliphatic carbocycles. The van der Waals surface area contributed by atoms with Crippen LogP contribution in [0.2, 0.25) is 0 Å². The lowest BCUT2D eigenvalue weighted by atomic mass is 10.1. The largest absolute Gasteiger partial charge is 0.492 e. The Hall–Kier alpha value is -2.05. The molecule has 2 aromatic rings. The van der Waals surface area contributed by atoms with Crippen LogP contribution in [-0.4, -0.2) is 42.1 Å². The van der Waals surface area contributed by atoms with Crippen molar-refractivity contribution in [3.05, 3.63) is 54.1 Å². The molecular weight excluding hydrogens is 346 g/mol. The minimum Gasteiger partial charge on any atom is -0.492 e. The quantitative estimate of drug-likeness (QED) is 0.656. The summed E-state index contributed by atoms with van der Waals surface area (Å²) in [6, 6.07) is 15.5. The molecule has 144 valence electrons. The number of anilines is 2. The number of nitrogens with zero attached hydrogens (tertiary/aromatic N) is 1. The average Bonchev–Trinajstić information content (AvgIpc) is 2.64. The number of hydrogen-bond acceptors (Lipinski definition) is 4. The van der Waals surface area contributed by atoms with E-state index in [-0.39, 0.29) is 0 Å². The molecule has 5 nitrogen and oxygen atoms in total. The molecule has 0 saturated heterocycles. The summed E-state index contributed by atoms with van der Waals surface area (Å²) in [7, 11) is 1.03. The second-order valence-corrected chi connectivity index (χ2v) is 6.84. The van der Waals surface area contributed by atoms with Gasteiger partial charge in [0.25, 0.3) is 0 Å². The topological polar surface area (TPSA) is 67.6 Å². The molecule has 6 heteroatoms. The van der Waals surface area contributed by atoms with Gasteiger partial charge in [-0.3, -0.25) is 0 Å². The first-order valence-corrected chi connectivity index (χ1v) is 10.4. The number of rotatable bonds is 9. The van der Waals surface area contributed by atoms with Crippen LogP contribution in [0, 0.1) is 0 Å². The smallest absolute Gasteiger partial charge is 0.119 e. The van der Waals surface area contributed by atoms with Gasteiger partial charge in [0.2, 0.25) is 0 Å². The molecule has 3 N–H and O–H groups in total.